The van der Waals surface area contributed by atoms with E-state index in [1.54, 1.807) is 19.1 Å². The van der Waals surface area contributed by atoms with Gasteiger partial charge in [-0.15, -0.1) is 0 Å². The minimum absolute atomic E-state index is 0.0634. The molecule has 148 valence electrons. The number of amides is 1. The zero-order valence-electron chi connectivity index (χ0n) is 16.8. The van der Waals surface area contributed by atoms with E-state index in [0.29, 0.717) is 11.5 Å². The van der Waals surface area contributed by atoms with Gasteiger partial charge in [0, 0.05) is 25.6 Å². The van der Waals surface area contributed by atoms with Crippen LogP contribution < -0.4 is 10.0 Å². The lowest BCUT2D eigenvalue weighted by Gasteiger charge is -2.24. The molecule has 6 nitrogen and oxygen atoms in total. The second-order valence-electron chi connectivity index (χ2n) is 7.57. The lowest BCUT2D eigenvalue weighted by Crippen LogP contribution is -2.43. The maximum Gasteiger partial charge on any atom is 0.240 e. The second kappa shape index (κ2) is 10.0. The van der Waals surface area contributed by atoms with E-state index in [2.05, 4.69) is 23.9 Å². The average Bonchev–Trinajstić information content (AvgIpc) is 2.44. The second-order valence-corrected chi connectivity index (χ2v) is 9.31. The monoisotopic (exact) mass is 383 g/mol. The molecule has 0 aromatic heterocycles. The van der Waals surface area contributed by atoms with Crippen molar-refractivity contribution in [1.29, 1.82) is 0 Å². The van der Waals surface area contributed by atoms with Crippen molar-refractivity contribution in [3.8, 4) is 0 Å². The van der Waals surface area contributed by atoms with E-state index in [9.17, 15) is 13.2 Å². The zero-order chi connectivity index (χ0) is 19.9. The number of aryl methyl sites for hydroxylation is 2. The van der Waals surface area contributed by atoms with E-state index in [-0.39, 0.29) is 29.8 Å². The van der Waals surface area contributed by atoms with Crippen molar-refractivity contribution in [2.75, 3.05) is 27.2 Å². The molecule has 0 bridgehead atoms. The molecule has 0 spiro atoms. The minimum Gasteiger partial charge on any atom is -0.352 e. The van der Waals surface area contributed by atoms with Crippen molar-refractivity contribution in [2.24, 2.45) is 5.92 Å². The maximum atomic E-state index is 12.4. The highest BCUT2D eigenvalue weighted by molar-refractivity contribution is 7.89. The molecule has 0 fully saturated rings. The molecule has 1 aromatic rings. The van der Waals surface area contributed by atoms with Gasteiger partial charge in [0.1, 0.15) is 0 Å². The van der Waals surface area contributed by atoms with Crippen molar-refractivity contribution >= 4 is 15.9 Å². The summed E-state index contributed by atoms with van der Waals surface area (Å²) in [6, 6.07) is 5.27. The molecule has 0 aliphatic rings. The Morgan fingerprint density at radius 1 is 1.19 bits per heavy atom. The molecule has 0 saturated carbocycles. The Morgan fingerprint density at radius 2 is 1.85 bits per heavy atom. The van der Waals surface area contributed by atoms with E-state index in [0.717, 1.165) is 18.5 Å². The Morgan fingerprint density at radius 3 is 2.38 bits per heavy atom. The Balaban J connectivity index is 2.58. The number of hydrogen-bond acceptors (Lipinski definition) is 4. The number of rotatable bonds is 10. The van der Waals surface area contributed by atoms with Crippen LogP contribution in [0.25, 0.3) is 0 Å². The summed E-state index contributed by atoms with van der Waals surface area (Å²) in [6.07, 6.45) is 1.00. The van der Waals surface area contributed by atoms with E-state index in [1.807, 2.05) is 32.0 Å². The highest BCUT2D eigenvalue weighted by Crippen LogP contribution is 2.16. The zero-order valence-corrected chi connectivity index (χ0v) is 17.6. The first-order valence-electron chi connectivity index (χ1n) is 9.02. The molecular formula is C19H33N3O3S. The molecule has 1 unspecified atom stereocenters. The molecule has 0 radical (unpaired) electrons. The van der Waals surface area contributed by atoms with Crippen molar-refractivity contribution < 1.29 is 13.2 Å². The standard InChI is InChI=1S/C19H33N3O3S/c1-14(2)11-17(13-22(5)6)21-19(23)9-10-20-26(24,25)18-8-7-15(3)12-16(18)4/h7-8,12,14,17,20H,9-11,13H2,1-6H3,(H,21,23). The number of hydrogen-bond donors (Lipinski definition) is 2. The minimum atomic E-state index is -3.61. The van der Waals surface area contributed by atoms with Gasteiger partial charge in [-0.2, -0.15) is 0 Å². The van der Waals surface area contributed by atoms with Crippen LogP contribution >= 0.6 is 0 Å². The van der Waals surface area contributed by atoms with E-state index in [4.69, 9.17) is 0 Å². The molecule has 1 atom stereocenters. The molecule has 1 aromatic carbocycles. The van der Waals surface area contributed by atoms with Gasteiger partial charge in [0.25, 0.3) is 0 Å². The molecule has 1 amide bonds. The van der Waals surface area contributed by atoms with Gasteiger partial charge < -0.3 is 10.2 Å². The normalized spacial score (nSPS) is 13.2. The van der Waals surface area contributed by atoms with Crippen LogP contribution in [0.15, 0.2) is 23.1 Å². The number of sulfonamides is 1. The molecule has 7 heteroatoms. The van der Waals surface area contributed by atoms with Gasteiger partial charge >= 0.3 is 0 Å². The van der Waals surface area contributed by atoms with Crippen LogP contribution in [0.2, 0.25) is 0 Å². The van der Waals surface area contributed by atoms with Crippen LogP contribution in [0.3, 0.4) is 0 Å². The van der Waals surface area contributed by atoms with Gasteiger partial charge in [0.15, 0.2) is 0 Å². The van der Waals surface area contributed by atoms with E-state index < -0.39 is 10.0 Å². The molecule has 0 aliphatic carbocycles. The number of carbonyl (C=O) groups excluding carboxylic acids is 1. The number of likely N-dealkylation sites (N-methyl/N-ethyl adjacent to an activating group) is 1. The lowest BCUT2D eigenvalue weighted by molar-refractivity contribution is -0.121. The Hall–Kier alpha value is -1.44. The molecule has 0 aliphatic heterocycles. The quantitative estimate of drug-likeness (QED) is 0.648. The SMILES string of the molecule is Cc1ccc(S(=O)(=O)NCCC(=O)NC(CC(C)C)CN(C)C)c(C)c1. The van der Waals surface area contributed by atoms with Gasteiger partial charge in [-0.1, -0.05) is 31.5 Å². The smallest absolute Gasteiger partial charge is 0.240 e. The van der Waals surface area contributed by atoms with Crippen molar-refractivity contribution in [2.45, 2.75) is 51.5 Å². The highest BCUT2D eigenvalue weighted by atomic mass is 32.2. The van der Waals surface area contributed by atoms with Crippen molar-refractivity contribution in [3.05, 3.63) is 29.3 Å². The number of nitrogens with zero attached hydrogens (tertiary/aromatic N) is 1. The summed E-state index contributed by atoms with van der Waals surface area (Å²) < 4.78 is 27.3. The first-order valence-corrected chi connectivity index (χ1v) is 10.5. The number of benzene rings is 1. The fourth-order valence-corrected chi connectivity index (χ4v) is 4.22. The third kappa shape index (κ3) is 7.85. The summed E-state index contributed by atoms with van der Waals surface area (Å²) >= 11 is 0. The predicted molar refractivity (Wildman–Crippen MR) is 106 cm³/mol. The summed E-state index contributed by atoms with van der Waals surface area (Å²) in [7, 11) is 0.331. The third-order valence-electron chi connectivity index (χ3n) is 3.97. The Bertz CT molecular complexity index is 690. The molecule has 0 saturated heterocycles. The molecule has 2 N–H and O–H groups in total. The fourth-order valence-electron chi connectivity index (χ4n) is 2.97. The van der Waals surface area contributed by atoms with Gasteiger partial charge in [0.2, 0.25) is 15.9 Å². The maximum absolute atomic E-state index is 12.4. The van der Waals surface area contributed by atoms with E-state index in [1.165, 1.54) is 0 Å². The van der Waals surface area contributed by atoms with Crippen LogP contribution in [-0.2, 0) is 14.8 Å². The Kier molecular flexibility index (Phi) is 8.73. The van der Waals surface area contributed by atoms with Gasteiger partial charge in [-0.25, -0.2) is 13.1 Å². The molecule has 26 heavy (non-hydrogen) atoms. The van der Waals surface area contributed by atoms with Gasteiger partial charge in [-0.05, 0) is 51.9 Å². The first kappa shape index (κ1) is 22.6. The van der Waals surface area contributed by atoms with Crippen molar-refractivity contribution in [3.63, 3.8) is 0 Å². The third-order valence-corrected chi connectivity index (χ3v) is 5.59. The van der Waals surface area contributed by atoms with Gasteiger partial charge in [-0.3, -0.25) is 4.79 Å². The summed E-state index contributed by atoms with van der Waals surface area (Å²) in [5.74, 6) is 0.337. The highest BCUT2D eigenvalue weighted by Gasteiger charge is 2.18. The molecular weight excluding hydrogens is 350 g/mol. The lowest BCUT2D eigenvalue weighted by atomic mass is 10.0. The molecule has 0 heterocycles. The topological polar surface area (TPSA) is 78.5 Å². The summed E-state index contributed by atoms with van der Waals surface area (Å²) in [5, 5.41) is 3.01. The fraction of sp³-hybridized carbons (Fsp3) is 0.632. The van der Waals surface area contributed by atoms with Crippen LogP contribution in [0.4, 0.5) is 0 Å². The predicted octanol–water partition coefficient (Wildman–Crippen LogP) is 2.06. The first-order chi connectivity index (χ1) is 12.0. The van der Waals surface area contributed by atoms with Crippen molar-refractivity contribution in [1.82, 2.24) is 14.9 Å². The average molecular weight is 384 g/mol. The van der Waals surface area contributed by atoms with Crippen LogP contribution in [0.5, 0.6) is 0 Å². The summed E-state index contributed by atoms with van der Waals surface area (Å²) in [4.78, 5) is 14.5. The Labute approximate surface area is 158 Å². The number of nitrogens with one attached hydrogen (secondary N) is 2. The van der Waals surface area contributed by atoms with Crippen LogP contribution in [-0.4, -0.2) is 52.5 Å². The van der Waals surface area contributed by atoms with Crippen LogP contribution in [0, 0.1) is 19.8 Å². The summed E-state index contributed by atoms with van der Waals surface area (Å²) in [6.45, 7) is 8.77. The van der Waals surface area contributed by atoms with Crippen LogP contribution in [0.1, 0.15) is 37.8 Å². The molecule has 1 rings (SSSR count). The van der Waals surface area contributed by atoms with E-state index >= 15 is 0 Å². The largest absolute Gasteiger partial charge is 0.352 e. The number of carbonyl (C=O) groups is 1. The summed E-state index contributed by atoms with van der Waals surface area (Å²) in [5.41, 5.74) is 1.71. The van der Waals surface area contributed by atoms with Gasteiger partial charge in [0.05, 0.1) is 4.90 Å².